The van der Waals surface area contributed by atoms with E-state index < -0.39 is 11.9 Å². The van der Waals surface area contributed by atoms with E-state index in [0.717, 1.165) is 6.08 Å². The van der Waals surface area contributed by atoms with Crippen LogP contribution in [0, 0.1) is 5.92 Å². The van der Waals surface area contributed by atoms with Gasteiger partial charge in [0.05, 0.1) is 0 Å². The van der Waals surface area contributed by atoms with Crippen LogP contribution < -0.4 is 0 Å². The molecule has 1 aliphatic heterocycles. The van der Waals surface area contributed by atoms with Crippen LogP contribution in [-0.4, -0.2) is 18.4 Å². The number of hydrogen-bond donors (Lipinski definition) is 0. The fraction of sp³-hybridized carbons (Fsp3) is 0.571. The smallest absolute Gasteiger partial charge is 0.280 e. The Morgan fingerprint density at radius 3 is 2.55 bits per heavy atom. The molecule has 0 saturated carbocycles. The summed E-state index contributed by atoms with van der Waals surface area (Å²) < 4.78 is 35.7. The van der Waals surface area contributed by atoms with Crippen LogP contribution in [0.5, 0.6) is 0 Å². The summed E-state index contributed by atoms with van der Waals surface area (Å²) in [5, 5.41) is 0. The van der Waals surface area contributed by atoms with Gasteiger partial charge in [-0.3, -0.25) is 4.99 Å². The van der Waals surface area contributed by atoms with Gasteiger partial charge >= 0.3 is 6.18 Å². The van der Waals surface area contributed by atoms with E-state index in [1.54, 1.807) is 0 Å². The predicted molar refractivity (Wildman–Crippen MR) is 36.7 cm³/mol. The van der Waals surface area contributed by atoms with Gasteiger partial charge in [-0.05, 0) is 12.0 Å². The molecule has 0 bridgehead atoms. The predicted octanol–water partition coefficient (Wildman–Crippen LogP) is 2.20. The third-order valence-corrected chi connectivity index (χ3v) is 1.42. The Balaban J connectivity index is 2.71. The standard InChI is InChI=1S/C7H8F3N/c1-5-2-3-6(11-4-5)7(8,9)10/h2-3,5H,4H2,1H3. The van der Waals surface area contributed by atoms with E-state index in [9.17, 15) is 13.2 Å². The zero-order chi connectivity index (χ0) is 8.48. The zero-order valence-electron chi connectivity index (χ0n) is 6.02. The maximum Gasteiger partial charge on any atom is 0.432 e. The van der Waals surface area contributed by atoms with Crippen LogP contribution in [0.4, 0.5) is 13.2 Å². The van der Waals surface area contributed by atoms with E-state index >= 15 is 0 Å². The molecule has 1 aliphatic rings. The van der Waals surface area contributed by atoms with E-state index in [1.807, 2.05) is 6.92 Å². The summed E-state index contributed by atoms with van der Waals surface area (Å²) >= 11 is 0. The molecular formula is C7H8F3N. The van der Waals surface area contributed by atoms with Crippen LogP contribution >= 0.6 is 0 Å². The van der Waals surface area contributed by atoms with Crippen LogP contribution in [0.25, 0.3) is 0 Å². The SMILES string of the molecule is CC1C=CC(C(F)(F)F)=NC1. The fourth-order valence-corrected chi connectivity index (χ4v) is 0.795. The molecule has 1 atom stereocenters. The number of alkyl halides is 3. The highest BCUT2D eigenvalue weighted by molar-refractivity contribution is 5.99. The van der Waals surface area contributed by atoms with E-state index in [-0.39, 0.29) is 12.5 Å². The molecule has 62 valence electrons. The molecule has 0 aromatic heterocycles. The van der Waals surface area contributed by atoms with E-state index in [4.69, 9.17) is 0 Å². The van der Waals surface area contributed by atoms with E-state index in [1.165, 1.54) is 6.08 Å². The van der Waals surface area contributed by atoms with Crippen molar-refractivity contribution in [2.75, 3.05) is 6.54 Å². The first-order valence-electron chi connectivity index (χ1n) is 3.30. The van der Waals surface area contributed by atoms with Gasteiger partial charge in [0.1, 0.15) is 5.71 Å². The summed E-state index contributed by atoms with van der Waals surface area (Å²) in [6.45, 7) is 2.07. The van der Waals surface area contributed by atoms with Crippen LogP contribution in [-0.2, 0) is 0 Å². The lowest BCUT2D eigenvalue weighted by molar-refractivity contribution is -0.0580. The Kier molecular flexibility index (Phi) is 2.02. The summed E-state index contributed by atoms with van der Waals surface area (Å²) in [6, 6.07) is 0. The highest BCUT2D eigenvalue weighted by atomic mass is 19.4. The van der Waals surface area contributed by atoms with E-state index in [0.29, 0.717) is 0 Å². The molecule has 4 heteroatoms. The number of allylic oxidation sites excluding steroid dienone is 1. The minimum atomic E-state index is -4.28. The number of halogens is 3. The molecule has 1 unspecified atom stereocenters. The number of dihydropyridines is 1. The van der Waals surface area contributed by atoms with Crippen LogP contribution in [0.2, 0.25) is 0 Å². The van der Waals surface area contributed by atoms with Crippen LogP contribution in [0.3, 0.4) is 0 Å². The number of hydrogen-bond acceptors (Lipinski definition) is 1. The first-order valence-corrected chi connectivity index (χ1v) is 3.30. The van der Waals surface area contributed by atoms with Crippen molar-refractivity contribution in [3.8, 4) is 0 Å². The third kappa shape index (κ3) is 2.06. The summed E-state index contributed by atoms with van der Waals surface area (Å²) in [5.41, 5.74) is -0.768. The number of rotatable bonds is 0. The summed E-state index contributed by atoms with van der Waals surface area (Å²) in [6.07, 6.45) is -1.72. The summed E-state index contributed by atoms with van der Waals surface area (Å²) in [5.74, 6) is 0.126. The lowest BCUT2D eigenvalue weighted by atomic mass is 10.1. The van der Waals surface area contributed by atoms with Gasteiger partial charge in [0.25, 0.3) is 0 Å². The Morgan fingerprint density at radius 2 is 2.18 bits per heavy atom. The van der Waals surface area contributed by atoms with E-state index in [2.05, 4.69) is 4.99 Å². The lowest BCUT2D eigenvalue weighted by Crippen LogP contribution is -2.24. The lowest BCUT2D eigenvalue weighted by Gasteiger charge is -2.12. The van der Waals surface area contributed by atoms with Crippen LogP contribution in [0.1, 0.15) is 6.92 Å². The minimum absolute atomic E-state index is 0.126. The highest BCUT2D eigenvalue weighted by Gasteiger charge is 2.34. The van der Waals surface area contributed by atoms with Crippen molar-refractivity contribution in [3.63, 3.8) is 0 Å². The normalized spacial score (nSPS) is 25.1. The Hall–Kier alpha value is -0.800. The molecule has 11 heavy (non-hydrogen) atoms. The summed E-state index contributed by atoms with van der Waals surface area (Å²) in [4.78, 5) is 3.39. The Morgan fingerprint density at radius 1 is 1.55 bits per heavy atom. The second-order valence-electron chi connectivity index (χ2n) is 2.56. The molecule has 0 aliphatic carbocycles. The summed E-state index contributed by atoms with van der Waals surface area (Å²) in [7, 11) is 0. The maximum absolute atomic E-state index is 11.9. The molecular weight excluding hydrogens is 155 g/mol. The van der Waals surface area contributed by atoms with Crippen molar-refractivity contribution >= 4 is 5.71 Å². The van der Waals surface area contributed by atoms with Gasteiger partial charge in [0.15, 0.2) is 0 Å². The zero-order valence-corrected chi connectivity index (χ0v) is 6.02. The van der Waals surface area contributed by atoms with Crippen molar-refractivity contribution in [3.05, 3.63) is 12.2 Å². The van der Waals surface area contributed by atoms with Gasteiger partial charge < -0.3 is 0 Å². The molecule has 0 radical (unpaired) electrons. The third-order valence-electron chi connectivity index (χ3n) is 1.42. The van der Waals surface area contributed by atoms with Crippen LogP contribution in [0.15, 0.2) is 17.1 Å². The Labute approximate surface area is 62.6 Å². The minimum Gasteiger partial charge on any atom is -0.280 e. The Bertz CT molecular complexity index is 202. The average Bonchev–Trinajstić information content (AvgIpc) is 1.86. The fourth-order valence-electron chi connectivity index (χ4n) is 0.795. The number of nitrogens with zero attached hydrogens (tertiary/aromatic N) is 1. The second-order valence-corrected chi connectivity index (χ2v) is 2.56. The number of aliphatic imine (C=N–C) groups is 1. The van der Waals surface area contributed by atoms with Crippen molar-refractivity contribution in [1.82, 2.24) is 0 Å². The van der Waals surface area contributed by atoms with Gasteiger partial charge in [0.2, 0.25) is 0 Å². The van der Waals surface area contributed by atoms with Gasteiger partial charge in [-0.1, -0.05) is 13.0 Å². The molecule has 0 aromatic rings. The maximum atomic E-state index is 11.9. The average molecular weight is 163 g/mol. The van der Waals surface area contributed by atoms with Crippen molar-refractivity contribution in [1.29, 1.82) is 0 Å². The molecule has 0 N–H and O–H groups in total. The topological polar surface area (TPSA) is 12.4 Å². The monoisotopic (exact) mass is 163 g/mol. The first-order chi connectivity index (χ1) is 5.00. The molecule has 0 fully saturated rings. The van der Waals surface area contributed by atoms with Gasteiger partial charge in [0, 0.05) is 6.54 Å². The van der Waals surface area contributed by atoms with Crippen molar-refractivity contribution in [2.45, 2.75) is 13.1 Å². The second kappa shape index (κ2) is 2.68. The van der Waals surface area contributed by atoms with Crippen molar-refractivity contribution in [2.24, 2.45) is 10.9 Å². The molecule has 1 nitrogen and oxygen atoms in total. The van der Waals surface area contributed by atoms with Gasteiger partial charge in [-0.15, -0.1) is 0 Å². The van der Waals surface area contributed by atoms with Gasteiger partial charge in [-0.25, -0.2) is 0 Å². The molecule has 1 heterocycles. The first kappa shape index (κ1) is 8.30. The largest absolute Gasteiger partial charge is 0.432 e. The van der Waals surface area contributed by atoms with Gasteiger partial charge in [-0.2, -0.15) is 13.2 Å². The highest BCUT2D eigenvalue weighted by Crippen LogP contribution is 2.21. The molecule has 0 aromatic carbocycles. The molecule has 0 saturated heterocycles. The molecule has 1 rings (SSSR count). The molecule has 0 amide bonds. The molecule has 0 spiro atoms. The quantitative estimate of drug-likeness (QED) is 0.519. The van der Waals surface area contributed by atoms with Crippen molar-refractivity contribution < 1.29 is 13.2 Å².